The molecular weight excluding hydrogens is 232 g/mol. The van der Waals surface area contributed by atoms with E-state index >= 15 is 0 Å². The summed E-state index contributed by atoms with van der Waals surface area (Å²) in [7, 11) is 1.20. The first-order valence-corrected chi connectivity index (χ1v) is 4.51. The van der Waals surface area contributed by atoms with E-state index < -0.39 is 16.6 Å². The fourth-order valence-electron chi connectivity index (χ4n) is 1.17. The number of hydrazine groups is 1. The molecule has 1 aromatic rings. The molecule has 0 unspecified atom stereocenters. The molecule has 0 aromatic carbocycles. The number of esters is 1. The van der Waals surface area contributed by atoms with Crippen LogP contribution in [0.25, 0.3) is 0 Å². The third-order valence-electron chi connectivity index (χ3n) is 1.97. The number of H-pyrrole nitrogens is 1. The third-order valence-corrected chi connectivity index (χ3v) is 1.97. The Morgan fingerprint density at radius 2 is 2.29 bits per heavy atom. The van der Waals surface area contributed by atoms with Gasteiger partial charge in [0.1, 0.15) is 0 Å². The van der Waals surface area contributed by atoms with E-state index in [0.29, 0.717) is 0 Å². The van der Waals surface area contributed by atoms with Gasteiger partial charge in [0, 0.05) is 5.56 Å². The topological polar surface area (TPSA) is 127 Å². The van der Waals surface area contributed by atoms with Gasteiger partial charge in [-0.25, -0.2) is 15.1 Å². The van der Waals surface area contributed by atoms with Crippen LogP contribution >= 0.6 is 0 Å². The Bertz CT molecular complexity index is 509. The number of nitro groups is 1. The SMILES string of the molecule is COC(=O)Cc1c(C)nc(N[N+](=O)[O-])[nH]c1=O. The molecule has 1 rings (SSSR count). The number of aromatic nitrogens is 2. The molecule has 9 nitrogen and oxygen atoms in total. The number of aromatic amines is 1. The van der Waals surface area contributed by atoms with Gasteiger partial charge >= 0.3 is 5.97 Å². The Kier molecular flexibility index (Phi) is 3.75. The molecule has 2 N–H and O–H groups in total. The van der Waals surface area contributed by atoms with Gasteiger partial charge in [-0.2, -0.15) is 0 Å². The standard InChI is InChI=1S/C8H10N4O5/c1-4-5(3-6(13)17-2)7(14)10-8(9-4)11-12(15)16/h3H2,1-2H3,(H2,9,10,11,14). The summed E-state index contributed by atoms with van der Waals surface area (Å²) < 4.78 is 4.42. The van der Waals surface area contributed by atoms with Gasteiger partial charge in [-0.15, -0.1) is 0 Å². The first-order valence-electron chi connectivity index (χ1n) is 4.51. The van der Waals surface area contributed by atoms with E-state index in [2.05, 4.69) is 14.7 Å². The van der Waals surface area contributed by atoms with Crippen molar-refractivity contribution < 1.29 is 14.6 Å². The van der Waals surface area contributed by atoms with Gasteiger partial charge in [0.2, 0.25) is 0 Å². The fraction of sp³-hybridized carbons (Fsp3) is 0.375. The van der Waals surface area contributed by atoms with Crippen molar-refractivity contribution in [1.82, 2.24) is 9.97 Å². The van der Waals surface area contributed by atoms with E-state index in [9.17, 15) is 19.7 Å². The van der Waals surface area contributed by atoms with Crippen LogP contribution in [0.1, 0.15) is 11.3 Å². The maximum atomic E-state index is 11.5. The minimum atomic E-state index is -0.850. The van der Waals surface area contributed by atoms with Crippen molar-refractivity contribution in [3.63, 3.8) is 0 Å². The second-order valence-electron chi connectivity index (χ2n) is 3.10. The number of aryl methyl sites for hydroxylation is 1. The van der Waals surface area contributed by atoms with Crippen LogP contribution in [0.4, 0.5) is 5.95 Å². The number of ether oxygens (including phenoxy) is 1. The zero-order chi connectivity index (χ0) is 13.0. The molecule has 0 saturated heterocycles. The van der Waals surface area contributed by atoms with E-state index in [0.717, 1.165) is 0 Å². The Hall–Kier alpha value is -2.45. The maximum Gasteiger partial charge on any atom is 0.310 e. The highest BCUT2D eigenvalue weighted by molar-refractivity contribution is 5.72. The van der Waals surface area contributed by atoms with Gasteiger partial charge < -0.3 is 4.74 Å². The minimum Gasteiger partial charge on any atom is -0.469 e. The Balaban J connectivity index is 3.06. The first-order chi connectivity index (χ1) is 7.93. The molecule has 17 heavy (non-hydrogen) atoms. The molecule has 0 aliphatic heterocycles. The van der Waals surface area contributed by atoms with Crippen LogP contribution in [0.3, 0.4) is 0 Å². The number of rotatable bonds is 4. The predicted molar refractivity (Wildman–Crippen MR) is 55.9 cm³/mol. The molecule has 0 radical (unpaired) electrons. The van der Waals surface area contributed by atoms with E-state index in [4.69, 9.17) is 0 Å². The summed E-state index contributed by atoms with van der Waals surface area (Å²) in [6.07, 6.45) is -0.233. The van der Waals surface area contributed by atoms with Crippen LogP contribution in [0.2, 0.25) is 0 Å². The molecule has 0 saturated carbocycles. The van der Waals surface area contributed by atoms with E-state index in [-0.39, 0.29) is 23.6 Å². The van der Waals surface area contributed by atoms with Gasteiger partial charge in [0.25, 0.3) is 11.5 Å². The van der Waals surface area contributed by atoms with Crippen molar-refractivity contribution in [3.05, 3.63) is 31.7 Å². The molecule has 0 bridgehead atoms. The van der Waals surface area contributed by atoms with Crippen LogP contribution in [0.15, 0.2) is 4.79 Å². The lowest BCUT2D eigenvalue weighted by atomic mass is 10.2. The van der Waals surface area contributed by atoms with E-state index in [1.54, 1.807) is 5.43 Å². The van der Waals surface area contributed by atoms with E-state index in [1.807, 2.05) is 0 Å². The van der Waals surface area contributed by atoms with Crippen molar-refractivity contribution in [2.24, 2.45) is 0 Å². The second kappa shape index (κ2) is 5.05. The van der Waals surface area contributed by atoms with Crippen LogP contribution in [-0.4, -0.2) is 28.1 Å². The third kappa shape index (κ3) is 3.26. The Morgan fingerprint density at radius 1 is 1.65 bits per heavy atom. The van der Waals surface area contributed by atoms with Crippen LogP contribution in [-0.2, 0) is 16.0 Å². The monoisotopic (exact) mass is 242 g/mol. The smallest absolute Gasteiger partial charge is 0.310 e. The molecule has 0 fully saturated rings. The highest BCUT2D eigenvalue weighted by Gasteiger charge is 2.14. The molecule has 0 amide bonds. The number of carbonyl (C=O) groups is 1. The number of methoxy groups -OCH3 is 1. The van der Waals surface area contributed by atoms with Gasteiger partial charge in [-0.1, -0.05) is 5.43 Å². The molecule has 1 heterocycles. The average Bonchev–Trinajstić information content (AvgIpc) is 2.22. The summed E-state index contributed by atoms with van der Waals surface area (Å²) in [4.78, 5) is 38.6. The molecule has 92 valence electrons. The Labute approximate surface area is 94.9 Å². The molecule has 9 heteroatoms. The zero-order valence-electron chi connectivity index (χ0n) is 9.14. The molecular formula is C8H10N4O5. The van der Waals surface area contributed by atoms with Gasteiger partial charge in [-0.3, -0.25) is 14.6 Å². The van der Waals surface area contributed by atoms with Crippen molar-refractivity contribution in [2.45, 2.75) is 13.3 Å². The summed E-state index contributed by atoms with van der Waals surface area (Å²) in [5, 5.41) is 9.31. The normalized spacial score (nSPS) is 9.76. The quantitative estimate of drug-likeness (QED) is 0.409. The second-order valence-corrected chi connectivity index (χ2v) is 3.10. The number of hydrogen-bond acceptors (Lipinski definition) is 6. The predicted octanol–water partition coefficient (Wildman–Crippen LogP) is -0.603. The van der Waals surface area contributed by atoms with Gasteiger partial charge in [0.15, 0.2) is 5.03 Å². The van der Waals surface area contributed by atoms with Gasteiger partial charge in [-0.05, 0) is 6.92 Å². The lowest BCUT2D eigenvalue weighted by Crippen LogP contribution is -2.23. The minimum absolute atomic E-state index is 0.116. The number of anilines is 1. The molecule has 0 aliphatic rings. The summed E-state index contributed by atoms with van der Waals surface area (Å²) in [6, 6.07) is 0. The van der Waals surface area contributed by atoms with E-state index in [1.165, 1.54) is 14.0 Å². The molecule has 0 spiro atoms. The summed E-state index contributed by atoms with van der Waals surface area (Å²) in [5.74, 6) is -0.874. The first kappa shape index (κ1) is 12.6. The number of carbonyl (C=O) groups excluding carboxylic acids is 1. The molecule has 0 aliphatic carbocycles. The summed E-state index contributed by atoms with van der Waals surface area (Å²) in [6.45, 7) is 1.47. The summed E-state index contributed by atoms with van der Waals surface area (Å²) in [5.41, 5.74) is 1.44. The van der Waals surface area contributed by atoms with Crippen molar-refractivity contribution >= 4 is 11.9 Å². The van der Waals surface area contributed by atoms with Crippen LogP contribution in [0, 0.1) is 17.0 Å². The zero-order valence-corrected chi connectivity index (χ0v) is 9.14. The highest BCUT2D eigenvalue weighted by Crippen LogP contribution is 2.03. The van der Waals surface area contributed by atoms with Crippen LogP contribution in [0.5, 0.6) is 0 Å². The fourth-order valence-corrected chi connectivity index (χ4v) is 1.17. The van der Waals surface area contributed by atoms with Crippen molar-refractivity contribution in [2.75, 3.05) is 12.5 Å². The van der Waals surface area contributed by atoms with Crippen molar-refractivity contribution in [3.8, 4) is 0 Å². The van der Waals surface area contributed by atoms with Gasteiger partial charge in [0.05, 0.1) is 19.2 Å². The van der Waals surface area contributed by atoms with Crippen LogP contribution < -0.4 is 11.0 Å². The van der Waals surface area contributed by atoms with Crippen molar-refractivity contribution in [1.29, 1.82) is 0 Å². The average molecular weight is 242 g/mol. The number of nitrogens with one attached hydrogen (secondary N) is 2. The largest absolute Gasteiger partial charge is 0.469 e. The summed E-state index contributed by atoms with van der Waals surface area (Å²) >= 11 is 0. The Morgan fingerprint density at radius 3 is 2.76 bits per heavy atom. The lowest BCUT2D eigenvalue weighted by molar-refractivity contribution is -0.446. The number of nitrogens with zero attached hydrogens (tertiary/aromatic N) is 2. The maximum absolute atomic E-state index is 11.5. The number of hydrogen-bond donors (Lipinski definition) is 2. The lowest BCUT2D eigenvalue weighted by Gasteiger charge is -2.04. The molecule has 1 aromatic heterocycles. The molecule has 0 atom stereocenters. The highest BCUT2D eigenvalue weighted by atomic mass is 16.7.